The van der Waals surface area contributed by atoms with Crippen molar-refractivity contribution in [2.75, 3.05) is 0 Å². The van der Waals surface area contributed by atoms with Crippen LogP contribution in [-0.4, -0.2) is 4.57 Å². The molecule has 16 heavy (non-hydrogen) atoms. The number of hydrogen-bond acceptors (Lipinski definition) is 1. The van der Waals surface area contributed by atoms with Crippen LogP contribution >= 0.6 is 0 Å². The summed E-state index contributed by atoms with van der Waals surface area (Å²) < 4.78 is 2.27. The number of hydrogen-bond donors (Lipinski definition) is 1. The van der Waals surface area contributed by atoms with Gasteiger partial charge in [-0.15, -0.1) is 0 Å². The summed E-state index contributed by atoms with van der Waals surface area (Å²) in [5.74, 6) is 0.754. The lowest BCUT2D eigenvalue weighted by molar-refractivity contribution is 0.418. The Balaban J connectivity index is 2.29. The molecule has 0 aliphatic heterocycles. The molecule has 2 heteroatoms. The second kappa shape index (κ2) is 3.63. The van der Waals surface area contributed by atoms with Gasteiger partial charge < -0.3 is 10.3 Å². The van der Waals surface area contributed by atoms with Gasteiger partial charge >= 0.3 is 0 Å². The molecule has 0 radical (unpaired) electrons. The average Bonchev–Trinajstić information content (AvgIpc) is 2.51. The van der Waals surface area contributed by atoms with Gasteiger partial charge in [0.1, 0.15) is 0 Å². The predicted octanol–water partition coefficient (Wildman–Crippen LogP) is 2.90. The van der Waals surface area contributed by atoms with Crippen molar-refractivity contribution in [3.8, 4) is 0 Å². The first kappa shape index (κ1) is 9.91. The zero-order valence-electron chi connectivity index (χ0n) is 9.74. The number of rotatable bonds is 2. The molecular formula is C14H18N2. The molecule has 0 saturated heterocycles. The maximum absolute atomic E-state index is 5.91. The van der Waals surface area contributed by atoms with E-state index >= 15 is 0 Å². The van der Waals surface area contributed by atoms with Crippen LogP contribution in [0, 0.1) is 0 Å². The SMILES string of the molecule is Cn1c(CN)c(C2CCC2)c2ccccc21. The van der Waals surface area contributed by atoms with Crippen LogP contribution in [0.5, 0.6) is 0 Å². The maximum atomic E-state index is 5.91. The van der Waals surface area contributed by atoms with Crippen LogP contribution in [0.4, 0.5) is 0 Å². The molecule has 1 saturated carbocycles. The predicted molar refractivity (Wildman–Crippen MR) is 67.4 cm³/mol. The molecular weight excluding hydrogens is 196 g/mol. The summed E-state index contributed by atoms with van der Waals surface area (Å²) in [6.45, 7) is 0.650. The van der Waals surface area contributed by atoms with Crippen molar-refractivity contribution in [1.82, 2.24) is 4.57 Å². The van der Waals surface area contributed by atoms with Crippen LogP contribution in [-0.2, 0) is 13.6 Å². The van der Waals surface area contributed by atoms with E-state index in [9.17, 15) is 0 Å². The first-order valence-corrected chi connectivity index (χ1v) is 6.09. The molecule has 0 amide bonds. The van der Waals surface area contributed by atoms with Gasteiger partial charge in [0, 0.05) is 30.2 Å². The monoisotopic (exact) mass is 214 g/mol. The summed E-state index contributed by atoms with van der Waals surface area (Å²) in [6, 6.07) is 8.66. The molecule has 2 N–H and O–H groups in total. The van der Waals surface area contributed by atoms with E-state index in [1.54, 1.807) is 0 Å². The van der Waals surface area contributed by atoms with Gasteiger partial charge in [-0.05, 0) is 30.4 Å². The molecule has 1 aliphatic rings. The minimum Gasteiger partial charge on any atom is -0.346 e. The summed E-state index contributed by atoms with van der Waals surface area (Å²) in [5.41, 5.74) is 10.1. The zero-order valence-corrected chi connectivity index (χ0v) is 9.74. The number of nitrogens with two attached hydrogens (primary N) is 1. The van der Waals surface area contributed by atoms with E-state index in [4.69, 9.17) is 5.73 Å². The van der Waals surface area contributed by atoms with Crippen molar-refractivity contribution >= 4 is 10.9 Å². The Bertz CT molecular complexity index is 521. The van der Waals surface area contributed by atoms with Crippen molar-refractivity contribution < 1.29 is 0 Å². The molecule has 2 nitrogen and oxygen atoms in total. The van der Waals surface area contributed by atoms with Crippen LogP contribution < -0.4 is 5.73 Å². The van der Waals surface area contributed by atoms with Gasteiger partial charge in [0.2, 0.25) is 0 Å². The number of benzene rings is 1. The lowest BCUT2D eigenvalue weighted by atomic mass is 9.78. The topological polar surface area (TPSA) is 30.9 Å². The molecule has 1 fully saturated rings. The highest BCUT2D eigenvalue weighted by Crippen LogP contribution is 2.42. The fraction of sp³-hybridized carbons (Fsp3) is 0.429. The van der Waals surface area contributed by atoms with Gasteiger partial charge in [-0.2, -0.15) is 0 Å². The molecule has 84 valence electrons. The van der Waals surface area contributed by atoms with Gasteiger partial charge in [-0.1, -0.05) is 24.6 Å². The van der Waals surface area contributed by atoms with E-state index in [0.29, 0.717) is 6.54 Å². The maximum Gasteiger partial charge on any atom is 0.0483 e. The van der Waals surface area contributed by atoms with E-state index in [1.807, 2.05) is 0 Å². The fourth-order valence-electron chi connectivity index (χ4n) is 2.87. The highest BCUT2D eigenvalue weighted by atomic mass is 15.0. The Hall–Kier alpha value is -1.28. The standard InChI is InChI=1S/C14H18N2/c1-16-12-8-3-2-7-11(12)14(13(16)9-15)10-5-4-6-10/h2-3,7-8,10H,4-6,9,15H2,1H3. The van der Waals surface area contributed by atoms with Gasteiger partial charge in [0.05, 0.1) is 0 Å². The summed E-state index contributed by atoms with van der Waals surface area (Å²) >= 11 is 0. The second-order valence-corrected chi connectivity index (χ2v) is 4.77. The normalized spacial score (nSPS) is 16.6. The van der Waals surface area contributed by atoms with Crippen molar-refractivity contribution in [1.29, 1.82) is 0 Å². The Labute approximate surface area is 96.1 Å². The molecule has 0 atom stereocenters. The zero-order chi connectivity index (χ0) is 11.1. The Kier molecular flexibility index (Phi) is 2.25. The van der Waals surface area contributed by atoms with Gasteiger partial charge in [0.15, 0.2) is 0 Å². The molecule has 1 heterocycles. The highest BCUT2D eigenvalue weighted by Gasteiger charge is 2.26. The third-order valence-corrected chi connectivity index (χ3v) is 3.98. The van der Waals surface area contributed by atoms with Crippen molar-refractivity contribution in [2.45, 2.75) is 31.7 Å². The average molecular weight is 214 g/mol. The Morgan fingerprint density at radius 2 is 2.06 bits per heavy atom. The lowest BCUT2D eigenvalue weighted by Crippen LogP contribution is -2.13. The smallest absolute Gasteiger partial charge is 0.0483 e. The first-order chi connectivity index (χ1) is 7.83. The molecule has 0 bridgehead atoms. The molecule has 1 aliphatic carbocycles. The van der Waals surface area contributed by atoms with Crippen LogP contribution in [0.1, 0.15) is 36.4 Å². The number of para-hydroxylation sites is 1. The van der Waals surface area contributed by atoms with E-state index in [2.05, 4.69) is 35.9 Å². The number of fused-ring (bicyclic) bond motifs is 1. The minimum atomic E-state index is 0.650. The summed E-state index contributed by atoms with van der Waals surface area (Å²) in [7, 11) is 2.13. The third kappa shape index (κ3) is 1.23. The molecule has 0 unspecified atom stereocenters. The summed E-state index contributed by atoms with van der Waals surface area (Å²) in [6.07, 6.45) is 4.04. The van der Waals surface area contributed by atoms with Crippen LogP contribution in [0.2, 0.25) is 0 Å². The van der Waals surface area contributed by atoms with E-state index in [1.165, 1.54) is 41.4 Å². The Morgan fingerprint density at radius 1 is 1.31 bits per heavy atom. The second-order valence-electron chi connectivity index (χ2n) is 4.77. The quantitative estimate of drug-likeness (QED) is 0.818. The highest BCUT2D eigenvalue weighted by molar-refractivity contribution is 5.86. The van der Waals surface area contributed by atoms with Gasteiger partial charge in [0.25, 0.3) is 0 Å². The van der Waals surface area contributed by atoms with E-state index < -0.39 is 0 Å². The van der Waals surface area contributed by atoms with Gasteiger partial charge in [-0.3, -0.25) is 0 Å². The van der Waals surface area contributed by atoms with Crippen molar-refractivity contribution in [2.24, 2.45) is 12.8 Å². The van der Waals surface area contributed by atoms with Crippen molar-refractivity contribution in [3.05, 3.63) is 35.5 Å². The third-order valence-electron chi connectivity index (χ3n) is 3.98. The summed E-state index contributed by atoms with van der Waals surface area (Å²) in [5, 5.41) is 1.41. The minimum absolute atomic E-state index is 0.650. The van der Waals surface area contributed by atoms with Crippen molar-refractivity contribution in [3.63, 3.8) is 0 Å². The van der Waals surface area contributed by atoms with Crippen LogP contribution in [0.15, 0.2) is 24.3 Å². The molecule has 1 aromatic heterocycles. The lowest BCUT2D eigenvalue weighted by Gasteiger charge is -2.26. The van der Waals surface area contributed by atoms with Crippen LogP contribution in [0.3, 0.4) is 0 Å². The Morgan fingerprint density at radius 3 is 2.69 bits per heavy atom. The molecule has 2 aromatic rings. The first-order valence-electron chi connectivity index (χ1n) is 6.09. The summed E-state index contributed by atoms with van der Waals surface area (Å²) in [4.78, 5) is 0. The fourth-order valence-corrected chi connectivity index (χ4v) is 2.87. The van der Waals surface area contributed by atoms with Crippen LogP contribution in [0.25, 0.3) is 10.9 Å². The largest absolute Gasteiger partial charge is 0.346 e. The number of nitrogens with zero attached hydrogens (tertiary/aromatic N) is 1. The van der Waals surface area contributed by atoms with E-state index in [0.717, 1.165) is 5.92 Å². The molecule has 1 aromatic carbocycles. The molecule has 0 spiro atoms. The number of aryl methyl sites for hydroxylation is 1. The van der Waals surface area contributed by atoms with E-state index in [-0.39, 0.29) is 0 Å². The number of aromatic nitrogens is 1. The molecule has 3 rings (SSSR count). The van der Waals surface area contributed by atoms with Gasteiger partial charge in [-0.25, -0.2) is 0 Å².